The van der Waals surface area contributed by atoms with E-state index in [1.807, 2.05) is 0 Å². The van der Waals surface area contributed by atoms with E-state index < -0.39 is 0 Å². The number of morpholine rings is 1. The maximum atomic E-state index is 13.6. The van der Waals surface area contributed by atoms with Gasteiger partial charge in [-0.15, -0.1) is 0 Å². The number of nitrogens with zero attached hydrogens (tertiary/aromatic N) is 2. The van der Waals surface area contributed by atoms with Gasteiger partial charge in [-0.2, -0.15) is 0 Å². The van der Waals surface area contributed by atoms with Gasteiger partial charge in [-0.25, -0.2) is 4.39 Å². The number of carbonyl (C=O) groups excluding carboxylic acids is 1. The molecule has 2 fully saturated rings. The van der Waals surface area contributed by atoms with Crippen molar-refractivity contribution in [3.8, 4) is 0 Å². The Morgan fingerprint density at radius 2 is 2.00 bits per heavy atom. The summed E-state index contributed by atoms with van der Waals surface area (Å²) in [6.45, 7) is 5.24. The third-order valence-electron chi connectivity index (χ3n) is 5.42. The highest BCUT2D eigenvalue weighted by atomic mass is 19.1. The zero-order valence-electron chi connectivity index (χ0n) is 15.0. The number of carbonyl (C=O) groups is 1. The molecule has 4 nitrogen and oxygen atoms in total. The third kappa shape index (κ3) is 3.37. The maximum Gasteiger partial charge on any atom is 0.253 e. The van der Waals surface area contributed by atoms with Crippen molar-refractivity contribution in [1.82, 2.24) is 4.90 Å². The van der Waals surface area contributed by atoms with Crippen molar-refractivity contribution in [2.45, 2.75) is 25.5 Å². The van der Waals surface area contributed by atoms with Gasteiger partial charge in [-0.3, -0.25) is 9.69 Å². The van der Waals surface area contributed by atoms with Crippen LogP contribution in [0, 0.1) is 12.7 Å². The third-order valence-corrected chi connectivity index (χ3v) is 5.42. The molecule has 2 saturated heterocycles. The summed E-state index contributed by atoms with van der Waals surface area (Å²) >= 11 is 0. The van der Waals surface area contributed by atoms with Crippen molar-refractivity contribution in [2.24, 2.45) is 0 Å². The number of anilines is 1. The first-order valence-corrected chi connectivity index (χ1v) is 9.01. The fraction of sp³-hybridized carbons (Fsp3) is 0.381. The van der Waals surface area contributed by atoms with Crippen LogP contribution in [0.15, 0.2) is 48.5 Å². The van der Waals surface area contributed by atoms with E-state index in [1.165, 1.54) is 23.3 Å². The molecule has 0 radical (unpaired) electrons. The molecule has 0 saturated carbocycles. The number of ether oxygens (including phenoxy) is 1. The number of hydrogen-bond donors (Lipinski definition) is 0. The molecule has 0 aromatic heterocycles. The number of benzene rings is 2. The highest BCUT2D eigenvalue weighted by Gasteiger charge is 2.45. The quantitative estimate of drug-likeness (QED) is 0.849. The summed E-state index contributed by atoms with van der Waals surface area (Å²) in [4.78, 5) is 16.4. The second-order valence-electron chi connectivity index (χ2n) is 7.32. The SMILES string of the molecule is Cc1ccccc1CN1CCC2(C1)CN(c1cccc(F)c1)C(=O)CO2. The Morgan fingerprint density at radius 1 is 1.15 bits per heavy atom. The first-order valence-electron chi connectivity index (χ1n) is 9.01. The van der Waals surface area contributed by atoms with Crippen molar-refractivity contribution in [2.75, 3.05) is 31.1 Å². The molecule has 0 aliphatic carbocycles. The summed E-state index contributed by atoms with van der Waals surface area (Å²) < 4.78 is 19.6. The summed E-state index contributed by atoms with van der Waals surface area (Å²) in [7, 11) is 0. The highest BCUT2D eigenvalue weighted by Crippen LogP contribution is 2.33. The lowest BCUT2D eigenvalue weighted by atomic mass is 10.00. The van der Waals surface area contributed by atoms with E-state index in [4.69, 9.17) is 4.74 Å². The lowest BCUT2D eigenvalue weighted by molar-refractivity contribution is -0.137. The second kappa shape index (κ2) is 6.82. The molecular weight excluding hydrogens is 331 g/mol. The van der Waals surface area contributed by atoms with Crippen LogP contribution in [-0.4, -0.2) is 42.6 Å². The Bertz CT molecular complexity index is 825. The van der Waals surface area contributed by atoms with Crippen LogP contribution in [0.2, 0.25) is 0 Å². The Morgan fingerprint density at radius 3 is 2.81 bits per heavy atom. The van der Waals surface area contributed by atoms with Crippen LogP contribution < -0.4 is 4.90 Å². The van der Waals surface area contributed by atoms with Crippen LogP contribution >= 0.6 is 0 Å². The van der Waals surface area contributed by atoms with E-state index in [0.717, 1.165) is 26.1 Å². The second-order valence-corrected chi connectivity index (χ2v) is 7.32. The van der Waals surface area contributed by atoms with Crippen LogP contribution in [0.4, 0.5) is 10.1 Å². The Labute approximate surface area is 153 Å². The molecule has 1 unspecified atom stereocenters. The number of likely N-dealkylation sites (tertiary alicyclic amines) is 1. The largest absolute Gasteiger partial charge is 0.362 e. The van der Waals surface area contributed by atoms with Gasteiger partial charge in [0.05, 0.1) is 6.54 Å². The normalized spacial score (nSPS) is 23.8. The van der Waals surface area contributed by atoms with Crippen LogP contribution in [0.3, 0.4) is 0 Å². The fourth-order valence-electron chi connectivity index (χ4n) is 3.93. The van der Waals surface area contributed by atoms with Crippen molar-refractivity contribution in [3.63, 3.8) is 0 Å². The Hall–Kier alpha value is -2.24. The lowest BCUT2D eigenvalue weighted by Gasteiger charge is -2.40. The molecule has 2 aliphatic rings. The smallest absolute Gasteiger partial charge is 0.253 e. The summed E-state index contributed by atoms with van der Waals surface area (Å²) in [6, 6.07) is 14.6. The molecule has 0 bridgehead atoms. The van der Waals surface area contributed by atoms with Crippen molar-refractivity contribution in [3.05, 3.63) is 65.5 Å². The molecule has 4 rings (SSSR count). The fourth-order valence-corrected chi connectivity index (χ4v) is 3.93. The molecule has 5 heteroatoms. The van der Waals surface area contributed by atoms with E-state index in [-0.39, 0.29) is 23.9 Å². The van der Waals surface area contributed by atoms with Gasteiger partial charge in [-0.1, -0.05) is 30.3 Å². The van der Waals surface area contributed by atoms with Gasteiger partial charge in [0.15, 0.2) is 0 Å². The maximum absolute atomic E-state index is 13.6. The lowest BCUT2D eigenvalue weighted by Crippen LogP contribution is -2.56. The van der Waals surface area contributed by atoms with Crippen molar-refractivity contribution >= 4 is 11.6 Å². The van der Waals surface area contributed by atoms with Crippen molar-refractivity contribution < 1.29 is 13.9 Å². The summed E-state index contributed by atoms with van der Waals surface area (Å²) in [6.07, 6.45) is 0.873. The highest BCUT2D eigenvalue weighted by molar-refractivity contribution is 5.95. The zero-order valence-corrected chi connectivity index (χ0v) is 15.0. The first kappa shape index (κ1) is 17.2. The molecule has 1 spiro atoms. The van der Waals surface area contributed by atoms with Gasteiger partial charge in [0.2, 0.25) is 0 Å². The van der Waals surface area contributed by atoms with Gasteiger partial charge >= 0.3 is 0 Å². The van der Waals surface area contributed by atoms with Gasteiger partial charge in [0.1, 0.15) is 18.0 Å². The van der Waals surface area contributed by atoms with Crippen LogP contribution in [0.1, 0.15) is 17.5 Å². The minimum absolute atomic E-state index is 0.0503. The standard InChI is InChI=1S/C21H23FN2O2/c1-16-5-2-3-6-17(16)12-23-10-9-21(14-23)15-24(20(25)13-26-21)19-8-4-7-18(22)11-19/h2-8,11H,9-10,12-15H2,1H3. The molecule has 2 heterocycles. The van der Waals surface area contributed by atoms with Crippen LogP contribution in [0.25, 0.3) is 0 Å². The molecule has 2 aromatic carbocycles. The van der Waals surface area contributed by atoms with E-state index in [0.29, 0.717) is 12.2 Å². The minimum Gasteiger partial charge on any atom is -0.362 e. The number of halogens is 1. The number of hydrogen-bond acceptors (Lipinski definition) is 3. The Kier molecular flexibility index (Phi) is 4.51. The predicted molar refractivity (Wildman–Crippen MR) is 98.5 cm³/mol. The minimum atomic E-state index is -0.372. The monoisotopic (exact) mass is 354 g/mol. The van der Waals surface area contributed by atoms with Gasteiger partial charge < -0.3 is 9.64 Å². The topological polar surface area (TPSA) is 32.8 Å². The first-order chi connectivity index (χ1) is 12.5. The predicted octanol–water partition coefficient (Wildman–Crippen LogP) is 3.14. The number of aryl methyl sites for hydroxylation is 1. The molecule has 1 atom stereocenters. The molecular formula is C21H23FN2O2. The average Bonchev–Trinajstić information content (AvgIpc) is 3.02. The van der Waals surface area contributed by atoms with Gasteiger partial charge in [0.25, 0.3) is 5.91 Å². The Balaban J connectivity index is 1.49. The summed E-state index contributed by atoms with van der Waals surface area (Å²) in [5.41, 5.74) is 2.84. The van der Waals surface area contributed by atoms with E-state index in [1.54, 1.807) is 17.0 Å². The van der Waals surface area contributed by atoms with Gasteiger partial charge in [-0.05, 0) is 42.7 Å². The summed E-state index contributed by atoms with van der Waals surface area (Å²) in [5, 5.41) is 0. The molecule has 26 heavy (non-hydrogen) atoms. The van der Waals surface area contributed by atoms with Gasteiger partial charge in [0, 0.05) is 25.3 Å². The van der Waals surface area contributed by atoms with E-state index in [2.05, 4.69) is 36.1 Å². The van der Waals surface area contributed by atoms with E-state index in [9.17, 15) is 9.18 Å². The molecule has 136 valence electrons. The molecule has 2 aromatic rings. The number of amides is 1. The summed E-state index contributed by atoms with van der Waals surface area (Å²) in [5.74, 6) is -0.443. The van der Waals surface area contributed by atoms with E-state index >= 15 is 0 Å². The average molecular weight is 354 g/mol. The van der Waals surface area contributed by atoms with Crippen LogP contribution in [0.5, 0.6) is 0 Å². The molecule has 2 aliphatic heterocycles. The molecule has 0 N–H and O–H groups in total. The number of rotatable bonds is 3. The van der Waals surface area contributed by atoms with Crippen molar-refractivity contribution in [1.29, 1.82) is 0 Å². The molecule has 1 amide bonds. The zero-order chi connectivity index (χ0) is 18.1. The van der Waals surface area contributed by atoms with Crippen LogP contribution in [-0.2, 0) is 16.1 Å².